The molecule has 0 radical (unpaired) electrons. The maximum absolute atomic E-state index is 12.2. The molecule has 2 N–H and O–H groups in total. The Balaban J connectivity index is 2.13. The number of aryl methyl sites for hydroxylation is 1. The number of carbonyl (C=O) groups excluding carboxylic acids is 1. The van der Waals surface area contributed by atoms with Gasteiger partial charge in [-0.2, -0.15) is 0 Å². The molecule has 0 unspecified atom stereocenters. The monoisotopic (exact) mass is 275 g/mol. The van der Waals surface area contributed by atoms with Crippen molar-refractivity contribution < 1.29 is 9.90 Å². The zero-order valence-electron chi connectivity index (χ0n) is 10.8. The number of hydrogen-bond donors (Lipinski definition) is 2. The Morgan fingerprint density at radius 1 is 1.32 bits per heavy atom. The van der Waals surface area contributed by atoms with Gasteiger partial charge in [0.25, 0.3) is 5.91 Å². The Kier molecular flexibility index (Phi) is 4.71. The van der Waals surface area contributed by atoms with Crippen molar-refractivity contribution >= 4 is 17.2 Å². The van der Waals surface area contributed by atoms with Crippen LogP contribution in [0.1, 0.15) is 33.8 Å². The molecule has 0 spiro atoms. The zero-order valence-corrected chi connectivity index (χ0v) is 11.6. The number of aliphatic hydroxyl groups is 1. The van der Waals surface area contributed by atoms with Crippen molar-refractivity contribution in [1.29, 1.82) is 0 Å². The molecule has 0 bridgehead atoms. The Labute approximate surface area is 116 Å². The summed E-state index contributed by atoms with van der Waals surface area (Å²) in [6, 6.07) is 11.1. The Bertz CT molecular complexity index is 536. The van der Waals surface area contributed by atoms with E-state index in [2.05, 4.69) is 5.32 Å². The molecule has 2 aromatic rings. The number of rotatable bonds is 5. The molecule has 0 saturated carbocycles. The predicted octanol–water partition coefficient (Wildman–Crippen LogP) is 2.77. The number of carbonyl (C=O) groups is 1. The van der Waals surface area contributed by atoms with Crippen molar-refractivity contribution in [3.63, 3.8) is 0 Å². The third-order valence-corrected chi connectivity index (χ3v) is 3.98. The molecule has 0 aliphatic carbocycles. The van der Waals surface area contributed by atoms with Crippen molar-refractivity contribution in [2.75, 3.05) is 6.61 Å². The van der Waals surface area contributed by atoms with Gasteiger partial charge < -0.3 is 10.4 Å². The SMILES string of the molecule is CCc1ccsc1C(=O)N[C@H](CO)c1ccccc1. The third kappa shape index (κ3) is 3.22. The number of thiophene rings is 1. The highest BCUT2D eigenvalue weighted by atomic mass is 32.1. The standard InChI is InChI=1S/C15H17NO2S/c1-2-11-8-9-19-14(11)15(18)16-13(10-17)12-6-4-3-5-7-12/h3-9,13,17H,2,10H2,1H3,(H,16,18)/t13-/m1/s1. The highest BCUT2D eigenvalue weighted by molar-refractivity contribution is 7.12. The van der Waals surface area contributed by atoms with Crippen LogP contribution in [0.2, 0.25) is 0 Å². The topological polar surface area (TPSA) is 49.3 Å². The van der Waals surface area contributed by atoms with Crippen LogP contribution in [-0.4, -0.2) is 17.6 Å². The van der Waals surface area contributed by atoms with E-state index in [0.29, 0.717) is 0 Å². The lowest BCUT2D eigenvalue weighted by Gasteiger charge is -2.16. The molecule has 1 heterocycles. The first-order valence-electron chi connectivity index (χ1n) is 6.29. The van der Waals surface area contributed by atoms with E-state index in [4.69, 9.17) is 0 Å². The van der Waals surface area contributed by atoms with E-state index in [1.807, 2.05) is 48.7 Å². The molecule has 1 aromatic carbocycles. The van der Waals surface area contributed by atoms with Gasteiger partial charge in [-0.25, -0.2) is 0 Å². The van der Waals surface area contributed by atoms with Crippen molar-refractivity contribution in [1.82, 2.24) is 5.32 Å². The lowest BCUT2D eigenvalue weighted by atomic mass is 10.1. The molecule has 4 heteroatoms. The van der Waals surface area contributed by atoms with Crippen molar-refractivity contribution in [3.8, 4) is 0 Å². The average molecular weight is 275 g/mol. The van der Waals surface area contributed by atoms with E-state index < -0.39 is 0 Å². The van der Waals surface area contributed by atoms with Gasteiger partial charge in [-0.05, 0) is 29.0 Å². The molecule has 3 nitrogen and oxygen atoms in total. The summed E-state index contributed by atoms with van der Waals surface area (Å²) in [7, 11) is 0. The summed E-state index contributed by atoms with van der Waals surface area (Å²) < 4.78 is 0. The lowest BCUT2D eigenvalue weighted by Crippen LogP contribution is -2.30. The molecular weight excluding hydrogens is 258 g/mol. The van der Waals surface area contributed by atoms with Gasteiger partial charge in [-0.15, -0.1) is 11.3 Å². The summed E-state index contributed by atoms with van der Waals surface area (Å²) in [5, 5.41) is 14.2. The number of hydrogen-bond acceptors (Lipinski definition) is 3. The van der Waals surface area contributed by atoms with Crippen LogP contribution in [0, 0.1) is 0 Å². The normalized spacial score (nSPS) is 12.1. The first kappa shape index (κ1) is 13.8. The smallest absolute Gasteiger partial charge is 0.262 e. The molecular formula is C15H17NO2S. The number of aliphatic hydroxyl groups excluding tert-OH is 1. The summed E-state index contributed by atoms with van der Waals surface area (Å²) in [5.74, 6) is -0.116. The molecule has 0 saturated heterocycles. The second-order valence-corrected chi connectivity index (χ2v) is 5.16. The highest BCUT2D eigenvalue weighted by Crippen LogP contribution is 2.19. The lowest BCUT2D eigenvalue weighted by molar-refractivity contribution is 0.0919. The summed E-state index contributed by atoms with van der Waals surface area (Å²) in [6.45, 7) is 1.92. The maximum Gasteiger partial charge on any atom is 0.262 e. The van der Waals surface area contributed by atoms with Crippen molar-refractivity contribution in [2.24, 2.45) is 0 Å². The van der Waals surface area contributed by atoms with Gasteiger partial charge in [0.15, 0.2) is 0 Å². The Hall–Kier alpha value is -1.65. The average Bonchev–Trinajstić information content (AvgIpc) is 2.94. The highest BCUT2D eigenvalue weighted by Gasteiger charge is 2.17. The maximum atomic E-state index is 12.2. The molecule has 100 valence electrons. The molecule has 19 heavy (non-hydrogen) atoms. The van der Waals surface area contributed by atoms with Crippen LogP contribution < -0.4 is 5.32 Å². The Morgan fingerprint density at radius 2 is 2.05 bits per heavy atom. The molecule has 0 aliphatic heterocycles. The fourth-order valence-corrected chi connectivity index (χ4v) is 2.85. The molecule has 1 amide bonds. The minimum Gasteiger partial charge on any atom is -0.394 e. The van der Waals surface area contributed by atoms with E-state index in [1.54, 1.807) is 0 Å². The number of nitrogens with one attached hydrogen (secondary N) is 1. The zero-order chi connectivity index (χ0) is 13.7. The fraction of sp³-hybridized carbons (Fsp3) is 0.267. The van der Waals surface area contributed by atoms with Gasteiger partial charge in [0.1, 0.15) is 0 Å². The molecule has 0 fully saturated rings. The predicted molar refractivity (Wildman–Crippen MR) is 77.4 cm³/mol. The van der Waals surface area contributed by atoms with E-state index in [1.165, 1.54) is 11.3 Å². The van der Waals surface area contributed by atoms with Crippen molar-refractivity contribution in [2.45, 2.75) is 19.4 Å². The van der Waals surface area contributed by atoms with E-state index in [-0.39, 0.29) is 18.6 Å². The minimum atomic E-state index is -0.361. The van der Waals surface area contributed by atoms with E-state index >= 15 is 0 Å². The number of benzene rings is 1. The quantitative estimate of drug-likeness (QED) is 0.881. The van der Waals surface area contributed by atoms with Crippen LogP contribution in [0.5, 0.6) is 0 Å². The molecule has 2 rings (SSSR count). The van der Waals surface area contributed by atoms with Crippen LogP contribution in [0.4, 0.5) is 0 Å². The van der Waals surface area contributed by atoms with Crippen LogP contribution in [0.25, 0.3) is 0 Å². The second kappa shape index (κ2) is 6.50. The minimum absolute atomic E-state index is 0.109. The largest absolute Gasteiger partial charge is 0.394 e. The summed E-state index contributed by atoms with van der Waals surface area (Å²) in [6.07, 6.45) is 0.835. The van der Waals surface area contributed by atoms with Gasteiger partial charge in [0.2, 0.25) is 0 Å². The second-order valence-electron chi connectivity index (χ2n) is 4.25. The summed E-state index contributed by atoms with van der Waals surface area (Å²) in [4.78, 5) is 12.9. The van der Waals surface area contributed by atoms with Gasteiger partial charge >= 0.3 is 0 Å². The first-order chi connectivity index (χ1) is 9.26. The van der Waals surface area contributed by atoms with E-state index in [0.717, 1.165) is 22.4 Å². The van der Waals surface area contributed by atoms with Gasteiger partial charge in [0, 0.05) is 0 Å². The fourth-order valence-electron chi connectivity index (χ4n) is 1.96. The van der Waals surface area contributed by atoms with Crippen molar-refractivity contribution in [3.05, 3.63) is 57.8 Å². The van der Waals surface area contributed by atoms with Crippen LogP contribution >= 0.6 is 11.3 Å². The van der Waals surface area contributed by atoms with Crippen LogP contribution in [0.3, 0.4) is 0 Å². The molecule has 1 atom stereocenters. The van der Waals surface area contributed by atoms with Gasteiger partial charge in [-0.1, -0.05) is 37.3 Å². The Morgan fingerprint density at radius 3 is 2.68 bits per heavy atom. The third-order valence-electron chi connectivity index (χ3n) is 3.02. The van der Waals surface area contributed by atoms with Gasteiger partial charge in [-0.3, -0.25) is 4.79 Å². The summed E-state index contributed by atoms with van der Waals surface area (Å²) in [5.41, 5.74) is 1.96. The first-order valence-corrected chi connectivity index (χ1v) is 7.17. The van der Waals surface area contributed by atoms with Gasteiger partial charge in [0.05, 0.1) is 17.5 Å². The van der Waals surface area contributed by atoms with Crippen LogP contribution in [-0.2, 0) is 6.42 Å². The number of amides is 1. The van der Waals surface area contributed by atoms with E-state index in [9.17, 15) is 9.90 Å². The molecule has 1 aromatic heterocycles. The molecule has 0 aliphatic rings. The van der Waals surface area contributed by atoms with Crippen LogP contribution in [0.15, 0.2) is 41.8 Å². The summed E-state index contributed by atoms with van der Waals surface area (Å²) >= 11 is 1.44.